The molecule has 0 spiro atoms. The maximum absolute atomic E-state index is 5.11. The van der Waals surface area contributed by atoms with Crippen molar-refractivity contribution in [3.05, 3.63) is 64.4 Å². The molecule has 6 heterocycles. The molecule has 0 amide bonds. The molecule has 0 aromatic carbocycles. The fourth-order valence-electron chi connectivity index (χ4n) is 4.92. The Labute approximate surface area is 248 Å². The van der Waals surface area contributed by atoms with Gasteiger partial charge in [0.2, 0.25) is 11.8 Å². The lowest BCUT2D eigenvalue weighted by molar-refractivity contribution is 0.397. The topological polar surface area (TPSA) is 168 Å². The van der Waals surface area contributed by atoms with Gasteiger partial charge in [0.25, 0.3) is 0 Å². The van der Waals surface area contributed by atoms with Gasteiger partial charge in [-0.3, -0.25) is 15.5 Å². The molecule has 6 aromatic heterocycles. The highest BCUT2D eigenvalue weighted by atomic mass is 32.1. The van der Waals surface area contributed by atoms with Crippen LogP contribution in [0.25, 0.3) is 22.5 Å². The molecule has 0 radical (unpaired) electrons. The molecule has 13 nitrogen and oxygen atoms in total. The molecule has 0 bridgehead atoms. The number of fused-ring (bicyclic) bond motifs is 6. The number of ether oxygens (including phenoxy) is 1. The molecule has 8 rings (SSSR count). The quantitative estimate of drug-likeness (QED) is 0.208. The van der Waals surface area contributed by atoms with Crippen LogP contribution in [-0.2, 0) is 25.7 Å². The van der Waals surface area contributed by atoms with Crippen LogP contribution in [0.4, 0.5) is 22.0 Å². The van der Waals surface area contributed by atoms with Crippen molar-refractivity contribution in [3.8, 4) is 28.4 Å². The van der Waals surface area contributed by atoms with Crippen molar-refractivity contribution in [1.82, 2.24) is 50.3 Å². The lowest BCUT2D eigenvalue weighted by atomic mass is 10.2. The minimum absolute atomic E-state index is 0.482. The first kappa shape index (κ1) is 26.2. The molecule has 15 heteroatoms. The first-order valence-electron chi connectivity index (χ1n) is 13.4. The zero-order valence-corrected chi connectivity index (χ0v) is 24.2. The van der Waals surface area contributed by atoms with Crippen molar-refractivity contribution in [2.45, 2.75) is 38.5 Å². The second-order valence-corrected chi connectivity index (χ2v) is 11.7. The average Bonchev–Trinajstić information content (AvgIpc) is 3.80. The van der Waals surface area contributed by atoms with Crippen molar-refractivity contribution in [3.63, 3.8) is 0 Å². The highest BCUT2D eigenvalue weighted by Gasteiger charge is 2.22. The Morgan fingerprint density at radius 2 is 1.43 bits per heavy atom. The molecule has 0 saturated heterocycles. The predicted octanol–water partition coefficient (Wildman–Crippen LogP) is 5.12. The Morgan fingerprint density at radius 1 is 0.762 bits per heavy atom. The number of nitrogens with zero attached hydrogens (tertiary/aromatic N) is 8. The summed E-state index contributed by atoms with van der Waals surface area (Å²) in [4.78, 5) is 28.5. The Morgan fingerprint density at radius 3 is 2.05 bits per heavy atom. The number of methoxy groups -OCH3 is 1. The van der Waals surface area contributed by atoms with Gasteiger partial charge in [-0.15, -0.1) is 22.7 Å². The van der Waals surface area contributed by atoms with Gasteiger partial charge in [0.05, 0.1) is 30.9 Å². The van der Waals surface area contributed by atoms with Gasteiger partial charge < -0.3 is 10.1 Å². The zero-order valence-electron chi connectivity index (χ0n) is 22.6. The normalized spacial score (nSPS) is 13.3. The monoisotopic (exact) mass is 598 g/mol. The van der Waals surface area contributed by atoms with Gasteiger partial charge in [0.1, 0.15) is 12.1 Å². The summed E-state index contributed by atoms with van der Waals surface area (Å²) in [6, 6.07) is 3.54. The number of aryl methyl sites for hydroxylation is 4. The third kappa shape index (κ3) is 5.43. The van der Waals surface area contributed by atoms with Gasteiger partial charge in [0.15, 0.2) is 10.3 Å². The molecule has 4 N–H and O–H groups in total. The van der Waals surface area contributed by atoms with Crippen molar-refractivity contribution in [1.29, 1.82) is 0 Å². The van der Waals surface area contributed by atoms with Crippen molar-refractivity contribution in [2.75, 3.05) is 17.7 Å². The molecule has 0 unspecified atom stereocenters. The summed E-state index contributed by atoms with van der Waals surface area (Å²) < 4.78 is 5.11. The summed E-state index contributed by atoms with van der Waals surface area (Å²) in [5.41, 5.74) is 6.63. The van der Waals surface area contributed by atoms with Gasteiger partial charge in [-0.25, -0.2) is 24.9 Å². The van der Waals surface area contributed by atoms with Gasteiger partial charge in [-0.1, -0.05) is 0 Å². The number of hydrogen-bond acceptors (Lipinski definition) is 13. The third-order valence-corrected chi connectivity index (χ3v) is 8.94. The Kier molecular flexibility index (Phi) is 7.24. The molecule has 2 aliphatic carbocycles. The predicted molar refractivity (Wildman–Crippen MR) is 161 cm³/mol. The maximum atomic E-state index is 5.11. The smallest absolute Gasteiger partial charge is 0.232 e. The highest BCUT2D eigenvalue weighted by molar-refractivity contribution is 7.16. The number of nitrogens with one attached hydrogen (secondary N) is 4. The van der Waals surface area contributed by atoms with E-state index in [2.05, 4.69) is 51.0 Å². The van der Waals surface area contributed by atoms with Crippen molar-refractivity contribution < 1.29 is 4.74 Å². The SMILES string of the molecule is COc1ccnc(Nc2nc3c(s2)CCCc2[nH]ncc2-3)n1.c1cc(Nc2nc3c(s2)CCCc2[nH]ncc2-3)ncn1. The molecule has 212 valence electrons. The first-order chi connectivity index (χ1) is 20.7. The Hall–Kier alpha value is -4.76. The van der Waals surface area contributed by atoms with E-state index in [0.29, 0.717) is 11.8 Å². The van der Waals surface area contributed by atoms with Crippen LogP contribution in [0.3, 0.4) is 0 Å². The van der Waals surface area contributed by atoms with Crippen LogP contribution in [-0.4, -0.2) is 57.4 Å². The van der Waals surface area contributed by atoms with Crippen LogP contribution in [0.1, 0.15) is 34.0 Å². The van der Waals surface area contributed by atoms with E-state index >= 15 is 0 Å². The summed E-state index contributed by atoms with van der Waals surface area (Å²) in [5.74, 6) is 1.76. The molecule has 0 aliphatic heterocycles. The third-order valence-electron chi connectivity index (χ3n) is 6.88. The number of rotatable bonds is 5. The number of aromatic nitrogens is 10. The Bertz CT molecular complexity index is 1810. The summed E-state index contributed by atoms with van der Waals surface area (Å²) in [6.07, 6.45) is 15.0. The van der Waals surface area contributed by atoms with E-state index in [0.717, 1.165) is 82.8 Å². The summed E-state index contributed by atoms with van der Waals surface area (Å²) in [7, 11) is 1.58. The van der Waals surface area contributed by atoms with E-state index < -0.39 is 0 Å². The van der Waals surface area contributed by atoms with E-state index in [1.165, 1.54) is 21.8 Å². The van der Waals surface area contributed by atoms with Crippen LogP contribution in [0.2, 0.25) is 0 Å². The summed E-state index contributed by atoms with van der Waals surface area (Å²) in [6.45, 7) is 0. The van der Waals surface area contributed by atoms with Gasteiger partial charge in [-0.2, -0.15) is 15.2 Å². The molecule has 0 atom stereocenters. The minimum Gasteiger partial charge on any atom is -0.481 e. The first-order valence-corrected chi connectivity index (χ1v) is 15.1. The minimum atomic E-state index is 0.482. The maximum Gasteiger partial charge on any atom is 0.232 e. The van der Waals surface area contributed by atoms with Crippen LogP contribution >= 0.6 is 22.7 Å². The molecule has 0 fully saturated rings. The fourth-order valence-corrected chi connectivity index (χ4v) is 6.96. The summed E-state index contributed by atoms with van der Waals surface area (Å²) in [5, 5.41) is 22.4. The Balaban J connectivity index is 0.000000138. The standard InChI is InChI=1S/C14H14N6OS.C13H12N6S/c1-21-11-5-6-15-13(17-11)19-14-18-12-8-7-16-20-9(8)3-2-4-10(12)22-14;1-2-9-8(6-16-19-9)12-10(3-1)20-13(18-12)17-11-4-5-14-7-15-11/h5-7H,2-4H2,1H3,(H,16,20)(H,15,17,18,19);4-7H,1-3H2,(H,16,19)(H,14,15,17,18). The van der Waals surface area contributed by atoms with E-state index in [1.807, 2.05) is 18.5 Å². The summed E-state index contributed by atoms with van der Waals surface area (Å²) >= 11 is 3.33. The number of anilines is 4. The number of thiazole rings is 2. The molecular formula is C27H26N12OS2. The van der Waals surface area contributed by atoms with Crippen molar-refractivity contribution in [2.24, 2.45) is 0 Å². The van der Waals surface area contributed by atoms with Crippen LogP contribution in [0.5, 0.6) is 5.88 Å². The molecule has 42 heavy (non-hydrogen) atoms. The van der Waals surface area contributed by atoms with E-state index in [1.54, 1.807) is 48.2 Å². The average molecular weight is 599 g/mol. The van der Waals surface area contributed by atoms with Gasteiger partial charge in [0, 0.05) is 50.7 Å². The number of aromatic amines is 2. The van der Waals surface area contributed by atoms with Gasteiger partial charge >= 0.3 is 0 Å². The fraction of sp³-hybridized carbons (Fsp3) is 0.259. The number of H-pyrrole nitrogens is 2. The lowest BCUT2D eigenvalue weighted by Gasteiger charge is -2.02. The van der Waals surface area contributed by atoms with E-state index in [-0.39, 0.29) is 0 Å². The second kappa shape index (κ2) is 11.6. The largest absolute Gasteiger partial charge is 0.481 e. The molecule has 6 aromatic rings. The van der Waals surface area contributed by atoms with Crippen LogP contribution < -0.4 is 15.4 Å². The zero-order chi connectivity index (χ0) is 28.3. The van der Waals surface area contributed by atoms with E-state index in [9.17, 15) is 0 Å². The highest BCUT2D eigenvalue weighted by Crippen LogP contribution is 2.38. The molecule has 0 saturated carbocycles. The van der Waals surface area contributed by atoms with E-state index in [4.69, 9.17) is 14.7 Å². The van der Waals surface area contributed by atoms with Crippen LogP contribution in [0, 0.1) is 0 Å². The second-order valence-electron chi connectivity index (χ2n) is 9.58. The lowest BCUT2D eigenvalue weighted by Crippen LogP contribution is -1.98. The van der Waals surface area contributed by atoms with Crippen LogP contribution in [0.15, 0.2) is 43.2 Å². The molecule has 2 aliphatic rings. The van der Waals surface area contributed by atoms with Gasteiger partial charge in [-0.05, 0) is 44.6 Å². The molecular weight excluding hydrogens is 573 g/mol. The van der Waals surface area contributed by atoms with Crippen molar-refractivity contribution >= 4 is 44.7 Å². The number of hydrogen-bond donors (Lipinski definition) is 4.